The van der Waals surface area contributed by atoms with Gasteiger partial charge in [-0.2, -0.15) is 10.2 Å². The van der Waals surface area contributed by atoms with Gasteiger partial charge in [0.25, 0.3) is 0 Å². The Bertz CT molecular complexity index is 124. The Morgan fingerprint density at radius 1 is 1.36 bits per heavy atom. The second-order valence-electron chi connectivity index (χ2n) is 3.76. The molecule has 66 valence electrons. The summed E-state index contributed by atoms with van der Waals surface area (Å²) >= 11 is 0. The van der Waals surface area contributed by atoms with Crippen LogP contribution in [0.15, 0.2) is 10.2 Å². The van der Waals surface area contributed by atoms with Gasteiger partial charge in [-0.15, -0.1) is 0 Å². The van der Waals surface area contributed by atoms with Gasteiger partial charge in [0.15, 0.2) is 0 Å². The minimum absolute atomic E-state index is 0.0620. The molecule has 0 bridgehead atoms. The van der Waals surface area contributed by atoms with E-state index < -0.39 is 0 Å². The van der Waals surface area contributed by atoms with Crippen LogP contribution in [0.5, 0.6) is 0 Å². The molecule has 3 heteroatoms. The van der Waals surface area contributed by atoms with Gasteiger partial charge in [-0.3, -0.25) is 0 Å². The van der Waals surface area contributed by atoms with Crippen molar-refractivity contribution in [3.8, 4) is 0 Å². The molecule has 0 saturated heterocycles. The molecule has 1 atom stereocenters. The SMILES string of the molecule is CCC(N)CN=NC(C)(C)C. The summed E-state index contributed by atoms with van der Waals surface area (Å²) < 4.78 is 0. The lowest BCUT2D eigenvalue weighted by Crippen LogP contribution is -2.22. The monoisotopic (exact) mass is 157 g/mol. The fourth-order valence-corrected chi connectivity index (χ4v) is 0.487. The second kappa shape index (κ2) is 4.44. The Balaban J connectivity index is 3.61. The molecular weight excluding hydrogens is 138 g/mol. The maximum Gasteiger partial charge on any atom is 0.0750 e. The van der Waals surface area contributed by atoms with Crippen molar-refractivity contribution in [1.29, 1.82) is 0 Å². The number of hydrogen-bond acceptors (Lipinski definition) is 3. The molecule has 0 radical (unpaired) electrons. The minimum Gasteiger partial charge on any atom is -0.326 e. The Kier molecular flexibility index (Phi) is 4.26. The standard InChI is InChI=1S/C8H19N3/c1-5-7(9)6-10-11-8(2,3)4/h7H,5-6,9H2,1-4H3. The summed E-state index contributed by atoms with van der Waals surface area (Å²) in [7, 11) is 0. The fraction of sp³-hybridized carbons (Fsp3) is 1.00. The van der Waals surface area contributed by atoms with Crippen molar-refractivity contribution in [1.82, 2.24) is 0 Å². The largest absolute Gasteiger partial charge is 0.326 e. The third-order valence-electron chi connectivity index (χ3n) is 1.21. The molecule has 0 spiro atoms. The van der Waals surface area contributed by atoms with Gasteiger partial charge in [0.1, 0.15) is 0 Å². The van der Waals surface area contributed by atoms with Crippen LogP contribution < -0.4 is 5.73 Å². The summed E-state index contributed by atoms with van der Waals surface area (Å²) in [6.45, 7) is 8.76. The zero-order valence-electron chi connectivity index (χ0n) is 7.96. The first-order valence-corrected chi connectivity index (χ1v) is 4.10. The van der Waals surface area contributed by atoms with E-state index in [0.29, 0.717) is 6.54 Å². The van der Waals surface area contributed by atoms with Crippen LogP contribution in [0.3, 0.4) is 0 Å². The molecule has 0 aromatic carbocycles. The first-order valence-electron chi connectivity index (χ1n) is 4.10. The smallest absolute Gasteiger partial charge is 0.0750 e. The van der Waals surface area contributed by atoms with E-state index in [-0.39, 0.29) is 11.6 Å². The zero-order chi connectivity index (χ0) is 8.91. The van der Waals surface area contributed by atoms with Crippen molar-refractivity contribution in [2.75, 3.05) is 6.54 Å². The number of nitrogens with zero attached hydrogens (tertiary/aromatic N) is 2. The second-order valence-corrected chi connectivity index (χ2v) is 3.76. The Hall–Kier alpha value is -0.440. The first kappa shape index (κ1) is 10.6. The van der Waals surface area contributed by atoms with Gasteiger partial charge in [0.05, 0.1) is 12.1 Å². The molecule has 0 saturated carbocycles. The molecule has 0 amide bonds. The summed E-state index contributed by atoms with van der Waals surface area (Å²) in [4.78, 5) is 0. The zero-order valence-corrected chi connectivity index (χ0v) is 7.96. The van der Waals surface area contributed by atoms with Crippen LogP contribution in [0.25, 0.3) is 0 Å². The lowest BCUT2D eigenvalue weighted by Gasteiger charge is -2.10. The quantitative estimate of drug-likeness (QED) is 0.626. The van der Waals surface area contributed by atoms with Crippen LogP contribution in [0.4, 0.5) is 0 Å². The van der Waals surface area contributed by atoms with Crippen molar-refractivity contribution >= 4 is 0 Å². The fourth-order valence-electron chi connectivity index (χ4n) is 0.487. The Labute approximate surface area is 69.1 Å². The highest BCUT2D eigenvalue weighted by Crippen LogP contribution is 2.06. The summed E-state index contributed by atoms with van der Waals surface area (Å²) in [5, 5.41) is 8.10. The van der Waals surface area contributed by atoms with Crippen LogP contribution in [0.1, 0.15) is 34.1 Å². The van der Waals surface area contributed by atoms with Gasteiger partial charge in [-0.1, -0.05) is 6.92 Å². The summed E-state index contributed by atoms with van der Waals surface area (Å²) in [6, 6.07) is 0.168. The van der Waals surface area contributed by atoms with Crippen LogP contribution >= 0.6 is 0 Å². The van der Waals surface area contributed by atoms with Crippen molar-refractivity contribution < 1.29 is 0 Å². The molecule has 3 nitrogen and oxygen atoms in total. The van der Waals surface area contributed by atoms with Crippen molar-refractivity contribution in [3.63, 3.8) is 0 Å². The van der Waals surface area contributed by atoms with Crippen molar-refractivity contribution in [2.45, 2.75) is 45.7 Å². The van der Waals surface area contributed by atoms with E-state index in [2.05, 4.69) is 17.2 Å². The number of azo groups is 1. The summed E-state index contributed by atoms with van der Waals surface area (Å²) in [5.74, 6) is 0. The molecule has 0 aliphatic heterocycles. The van der Waals surface area contributed by atoms with Gasteiger partial charge >= 0.3 is 0 Å². The molecule has 0 heterocycles. The van der Waals surface area contributed by atoms with Crippen LogP contribution in [-0.2, 0) is 0 Å². The number of nitrogens with two attached hydrogens (primary N) is 1. The lowest BCUT2D eigenvalue weighted by atomic mass is 10.1. The topological polar surface area (TPSA) is 50.7 Å². The van der Waals surface area contributed by atoms with E-state index >= 15 is 0 Å². The molecule has 2 N–H and O–H groups in total. The summed E-state index contributed by atoms with van der Waals surface area (Å²) in [6.07, 6.45) is 0.961. The molecule has 0 aromatic heterocycles. The van der Waals surface area contributed by atoms with E-state index in [9.17, 15) is 0 Å². The average Bonchev–Trinajstić information content (AvgIpc) is 1.85. The average molecular weight is 157 g/mol. The molecule has 1 unspecified atom stereocenters. The van der Waals surface area contributed by atoms with E-state index in [0.717, 1.165) is 6.42 Å². The number of hydrogen-bond donors (Lipinski definition) is 1. The molecule has 11 heavy (non-hydrogen) atoms. The third kappa shape index (κ3) is 7.46. The molecule has 0 fully saturated rings. The number of rotatable bonds is 3. The Morgan fingerprint density at radius 2 is 1.91 bits per heavy atom. The lowest BCUT2D eigenvalue weighted by molar-refractivity contribution is 0.523. The third-order valence-corrected chi connectivity index (χ3v) is 1.21. The molecule has 0 rings (SSSR count). The van der Waals surface area contributed by atoms with Crippen molar-refractivity contribution in [3.05, 3.63) is 0 Å². The maximum atomic E-state index is 5.65. The molecular formula is C8H19N3. The van der Waals surface area contributed by atoms with Gasteiger partial charge in [-0.05, 0) is 27.2 Å². The highest BCUT2D eigenvalue weighted by Gasteiger charge is 2.06. The van der Waals surface area contributed by atoms with Crippen LogP contribution in [0.2, 0.25) is 0 Å². The first-order chi connectivity index (χ1) is 4.95. The Morgan fingerprint density at radius 3 is 2.27 bits per heavy atom. The highest BCUT2D eigenvalue weighted by molar-refractivity contribution is 4.68. The molecule has 0 aromatic rings. The van der Waals surface area contributed by atoms with Crippen molar-refractivity contribution in [2.24, 2.45) is 16.0 Å². The highest BCUT2D eigenvalue weighted by atomic mass is 15.1. The minimum atomic E-state index is -0.0620. The molecule has 0 aliphatic rings. The molecule has 0 aliphatic carbocycles. The van der Waals surface area contributed by atoms with E-state index in [1.807, 2.05) is 20.8 Å². The van der Waals surface area contributed by atoms with Gasteiger partial charge in [0.2, 0.25) is 0 Å². The predicted octanol–water partition coefficient (Wildman–Crippen LogP) is 1.97. The van der Waals surface area contributed by atoms with E-state index in [4.69, 9.17) is 5.73 Å². The van der Waals surface area contributed by atoms with Gasteiger partial charge in [0, 0.05) is 6.04 Å². The van der Waals surface area contributed by atoms with Crippen LogP contribution in [-0.4, -0.2) is 18.1 Å². The van der Waals surface area contributed by atoms with E-state index in [1.165, 1.54) is 0 Å². The predicted molar refractivity (Wildman–Crippen MR) is 47.7 cm³/mol. The summed E-state index contributed by atoms with van der Waals surface area (Å²) in [5.41, 5.74) is 5.59. The van der Waals surface area contributed by atoms with Gasteiger partial charge < -0.3 is 5.73 Å². The maximum absolute atomic E-state index is 5.65. The van der Waals surface area contributed by atoms with E-state index in [1.54, 1.807) is 0 Å². The normalized spacial score (nSPS) is 15.7. The van der Waals surface area contributed by atoms with Crippen LogP contribution in [0, 0.1) is 0 Å². The van der Waals surface area contributed by atoms with Gasteiger partial charge in [-0.25, -0.2) is 0 Å².